The average Bonchev–Trinajstić information content (AvgIpc) is 3.01. The highest BCUT2D eigenvalue weighted by Gasteiger charge is 2.38. The molecule has 0 aliphatic heterocycles. The summed E-state index contributed by atoms with van der Waals surface area (Å²) in [6, 6.07) is 0. The number of carbonyl (C=O) groups excluding carboxylic acids is 2. The van der Waals surface area contributed by atoms with Crippen LogP contribution in [-0.2, 0) is 27.3 Å². The van der Waals surface area contributed by atoms with Crippen LogP contribution in [0.3, 0.4) is 0 Å². The molecule has 0 aromatic heterocycles. The zero-order valence-corrected chi connectivity index (χ0v) is 33.7. The summed E-state index contributed by atoms with van der Waals surface area (Å²) >= 11 is -3.94. The van der Waals surface area contributed by atoms with Crippen LogP contribution >= 0.6 is 0 Å². The summed E-state index contributed by atoms with van der Waals surface area (Å²) in [5, 5.41) is 1.46. The molecule has 1 unspecified atom stereocenters. The topological polar surface area (TPSA) is 107 Å². The van der Waals surface area contributed by atoms with E-state index in [0.29, 0.717) is 0 Å². The van der Waals surface area contributed by atoms with E-state index in [2.05, 4.69) is 27.7 Å². The Kier molecular flexibility index (Phi) is 32.1. The van der Waals surface area contributed by atoms with Gasteiger partial charge in [-0.25, -0.2) is 0 Å². The summed E-state index contributed by atoms with van der Waals surface area (Å²) in [5.41, 5.74) is 0. The molecular formula is C36H72Al2O7S. The number of hydrogen-bond donors (Lipinski definition) is 1. The van der Waals surface area contributed by atoms with Gasteiger partial charge in [-0.1, -0.05) is 203 Å². The van der Waals surface area contributed by atoms with Crippen LogP contribution in [0.25, 0.3) is 0 Å². The predicted molar refractivity (Wildman–Crippen MR) is 196 cm³/mol. The van der Waals surface area contributed by atoms with E-state index in [-0.39, 0.29) is 0 Å². The van der Waals surface area contributed by atoms with E-state index >= 15 is 0 Å². The van der Waals surface area contributed by atoms with E-state index in [0.717, 1.165) is 85.3 Å². The third-order valence-corrected chi connectivity index (χ3v) is 15.5. The van der Waals surface area contributed by atoms with Gasteiger partial charge in [-0.05, 0) is 0 Å². The second-order valence-electron chi connectivity index (χ2n) is 13.6. The molecule has 0 spiro atoms. The van der Waals surface area contributed by atoms with Crippen LogP contribution in [-0.4, -0.2) is 59.1 Å². The van der Waals surface area contributed by atoms with Crippen molar-refractivity contribution in [3.63, 3.8) is 0 Å². The zero-order chi connectivity index (χ0) is 34.3. The number of rotatable bonds is 34. The Balaban J connectivity index is 5.25. The molecule has 0 fully saturated rings. The number of hydrogen-bond acceptors (Lipinski definition) is 6. The molecule has 0 bridgehead atoms. The van der Waals surface area contributed by atoms with Gasteiger partial charge in [-0.3, -0.25) is 14.1 Å². The molecule has 270 valence electrons. The maximum absolute atomic E-state index is 13.2. The van der Waals surface area contributed by atoms with Crippen LogP contribution in [0.2, 0.25) is 21.1 Å². The van der Waals surface area contributed by atoms with Crippen LogP contribution in [0.15, 0.2) is 0 Å². The molecule has 0 aromatic carbocycles. The fourth-order valence-electron chi connectivity index (χ4n) is 6.07. The minimum Gasteiger partial charge on any atom is -0.616 e. The molecule has 0 rings (SSSR count). The first-order chi connectivity index (χ1) is 22.2. The summed E-state index contributed by atoms with van der Waals surface area (Å²) in [4.78, 5) is 26.3. The second-order valence-corrected chi connectivity index (χ2v) is 20.5. The molecule has 0 aromatic rings. The monoisotopic (exact) mass is 702 g/mol. The highest BCUT2D eigenvalue weighted by atomic mass is 32.2. The van der Waals surface area contributed by atoms with E-state index in [1.807, 2.05) is 0 Å². The van der Waals surface area contributed by atoms with E-state index in [1.54, 1.807) is 0 Å². The lowest BCUT2D eigenvalue weighted by atomic mass is 10.1. The highest BCUT2D eigenvalue weighted by Crippen LogP contribution is 2.20. The minimum absolute atomic E-state index is 0.663. The van der Waals surface area contributed by atoms with Crippen LogP contribution in [0.1, 0.15) is 188 Å². The zero-order valence-electron chi connectivity index (χ0n) is 30.5. The Morgan fingerprint density at radius 2 is 0.783 bits per heavy atom. The number of carbonyl (C=O) groups is 2. The Labute approximate surface area is 294 Å². The fourth-order valence-corrected chi connectivity index (χ4v) is 11.8. The molecule has 10 heteroatoms. The third kappa shape index (κ3) is 27.8. The van der Waals surface area contributed by atoms with E-state index in [9.17, 15) is 22.6 Å². The van der Waals surface area contributed by atoms with Gasteiger partial charge in [0.05, 0.1) is 6.42 Å². The average molecular weight is 703 g/mol. The standard InChI is InChI=1S/4C8H17.C4H6O7S.2Al/c4*1-3-5-7-8-6-4-2;5-3(6)1-2(4(7)8)12(9,10)11;;/h4*1,3-8H2,2H3;2H,1H2,(H,5,6)(H,7,8)(H,9,10,11);;/q;;;;;2*+1/p-2. The molecule has 0 aliphatic rings. The summed E-state index contributed by atoms with van der Waals surface area (Å²) < 4.78 is 46.6. The summed E-state index contributed by atoms with van der Waals surface area (Å²) in [7, 11) is -4.81. The van der Waals surface area contributed by atoms with E-state index in [4.69, 9.17) is 7.58 Å². The fraction of sp³-hybridized carbons (Fsp3) is 0.944. The van der Waals surface area contributed by atoms with Crippen molar-refractivity contribution in [2.24, 2.45) is 0 Å². The van der Waals surface area contributed by atoms with Crippen molar-refractivity contribution in [1.29, 1.82) is 0 Å². The molecule has 0 aliphatic carbocycles. The van der Waals surface area contributed by atoms with Crippen molar-refractivity contribution in [3.8, 4) is 0 Å². The number of unbranched alkanes of at least 4 members (excludes halogenated alkanes) is 20. The Morgan fingerprint density at radius 1 is 0.500 bits per heavy atom. The van der Waals surface area contributed by atoms with Crippen molar-refractivity contribution in [3.05, 3.63) is 0 Å². The Morgan fingerprint density at radius 3 is 1.09 bits per heavy atom. The normalized spacial score (nSPS) is 12.2. The molecule has 0 saturated heterocycles. The third-order valence-electron chi connectivity index (χ3n) is 9.07. The first-order valence-corrected chi connectivity index (χ1v) is 25.3. The van der Waals surface area contributed by atoms with Crippen LogP contribution in [0.5, 0.6) is 0 Å². The second kappa shape index (κ2) is 32.1. The smallest absolute Gasteiger partial charge is 0.548 e. The highest BCUT2D eigenvalue weighted by molar-refractivity contribution is 7.87. The van der Waals surface area contributed by atoms with Gasteiger partial charge in [0.25, 0.3) is 22.1 Å². The van der Waals surface area contributed by atoms with E-state index in [1.165, 1.54) is 89.9 Å². The van der Waals surface area contributed by atoms with Crippen molar-refractivity contribution in [2.45, 2.75) is 215 Å². The molecule has 0 saturated carbocycles. The van der Waals surface area contributed by atoms with Crippen molar-refractivity contribution >= 4 is 51.0 Å². The molecule has 0 radical (unpaired) electrons. The lowest BCUT2D eigenvalue weighted by molar-refractivity contribution is -0.140. The van der Waals surface area contributed by atoms with Gasteiger partial charge in [0.15, 0.2) is 5.25 Å². The maximum atomic E-state index is 13.2. The van der Waals surface area contributed by atoms with Gasteiger partial charge < -0.3 is 7.58 Å². The van der Waals surface area contributed by atoms with E-state index < -0.39 is 62.7 Å². The molecule has 7 nitrogen and oxygen atoms in total. The molecule has 1 atom stereocenters. The lowest BCUT2D eigenvalue weighted by Gasteiger charge is -2.20. The minimum atomic E-state index is -4.81. The predicted octanol–water partition coefficient (Wildman–Crippen LogP) is 11.1. The van der Waals surface area contributed by atoms with Crippen LogP contribution in [0, 0.1) is 0 Å². The Hall–Kier alpha value is -0.0851. The van der Waals surface area contributed by atoms with Crippen molar-refractivity contribution < 1.29 is 30.1 Å². The van der Waals surface area contributed by atoms with Gasteiger partial charge in [0.2, 0.25) is 0 Å². The van der Waals surface area contributed by atoms with Crippen molar-refractivity contribution in [1.82, 2.24) is 0 Å². The quantitative estimate of drug-likeness (QED) is 0.0404. The summed E-state index contributed by atoms with van der Waals surface area (Å²) in [5.74, 6) is -1.64. The summed E-state index contributed by atoms with van der Waals surface area (Å²) in [6.07, 6.45) is 26.9. The summed E-state index contributed by atoms with van der Waals surface area (Å²) in [6.45, 7) is 8.79. The van der Waals surface area contributed by atoms with Crippen LogP contribution < -0.4 is 0 Å². The lowest BCUT2D eigenvalue weighted by Crippen LogP contribution is -2.38. The van der Waals surface area contributed by atoms with Gasteiger partial charge in [-0.15, -0.1) is 0 Å². The van der Waals surface area contributed by atoms with Gasteiger partial charge in [0, 0.05) is 0 Å². The maximum Gasteiger partial charge on any atom is 0.548 e. The SMILES string of the molecule is CCCCCCC[CH2][Al]([CH2]CCCCCCC)[O]C(=O)CC(C(=O)[O][Al]([CH2]CCCCCCC)[CH2]CCCCCCC)S(=O)(=O)O. The first-order valence-electron chi connectivity index (χ1n) is 19.6. The molecule has 46 heavy (non-hydrogen) atoms. The van der Waals surface area contributed by atoms with Gasteiger partial charge >= 0.3 is 29.0 Å². The van der Waals surface area contributed by atoms with Gasteiger partial charge in [0.1, 0.15) is 0 Å². The molecule has 0 amide bonds. The molecular weight excluding hydrogens is 630 g/mol. The Bertz CT molecular complexity index is 793. The first kappa shape index (κ1) is 45.9. The largest absolute Gasteiger partial charge is 0.616 e. The van der Waals surface area contributed by atoms with Crippen molar-refractivity contribution in [2.75, 3.05) is 0 Å². The molecule has 1 N–H and O–H groups in total. The van der Waals surface area contributed by atoms with Gasteiger partial charge in [-0.2, -0.15) is 8.42 Å². The molecule has 0 heterocycles. The van der Waals surface area contributed by atoms with Crippen LogP contribution in [0.4, 0.5) is 0 Å².